The summed E-state index contributed by atoms with van der Waals surface area (Å²) < 4.78 is 35.6. The molecule has 2 aromatic rings. The predicted octanol–water partition coefficient (Wildman–Crippen LogP) is 6.33. The molecule has 6 rings (SSSR count). The van der Waals surface area contributed by atoms with Crippen LogP contribution in [0.5, 0.6) is 5.75 Å². The average molecular weight is 639 g/mol. The predicted molar refractivity (Wildman–Crippen MR) is 175 cm³/mol. The van der Waals surface area contributed by atoms with Gasteiger partial charge in [0.1, 0.15) is 5.75 Å². The number of aliphatic hydroxyl groups is 1. The maximum absolute atomic E-state index is 13.5. The lowest BCUT2D eigenvalue weighted by atomic mass is 9.68. The Morgan fingerprint density at radius 3 is 2.77 bits per heavy atom. The largest absolute Gasteiger partial charge is 0.490 e. The van der Waals surface area contributed by atoms with E-state index in [1.807, 2.05) is 32.1 Å². The molecule has 4 aliphatic rings. The topological polar surface area (TPSA) is 95.9 Å². The molecular formula is C35H43ClN2O5S. The molecule has 5 atom stereocenters. The normalized spacial score (nSPS) is 31.8. The zero-order chi connectivity index (χ0) is 31.2. The first kappa shape index (κ1) is 31.2. The molecule has 2 aliphatic heterocycles. The van der Waals surface area contributed by atoms with Crippen molar-refractivity contribution in [1.82, 2.24) is 4.72 Å². The molecule has 0 radical (unpaired) electrons. The number of allylic oxidation sites excluding steroid dienone is 3. The van der Waals surface area contributed by atoms with E-state index in [2.05, 4.69) is 21.8 Å². The highest BCUT2D eigenvalue weighted by Crippen LogP contribution is 2.46. The van der Waals surface area contributed by atoms with E-state index in [-0.39, 0.29) is 29.2 Å². The van der Waals surface area contributed by atoms with Crippen molar-refractivity contribution in [3.05, 3.63) is 81.4 Å². The Hall–Kier alpha value is -2.81. The second-order valence-corrected chi connectivity index (χ2v) is 15.8. The summed E-state index contributed by atoms with van der Waals surface area (Å²) in [5.41, 5.74) is 5.25. The van der Waals surface area contributed by atoms with Crippen molar-refractivity contribution in [1.29, 1.82) is 0 Å². The Morgan fingerprint density at radius 2 is 2.02 bits per heavy atom. The fourth-order valence-corrected chi connectivity index (χ4v) is 8.66. The van der Waals surface area contributed by atoms with Crippen LogP contribution in [0.25, 0.3) is 0 Å². The van der Waals surface area contributed by atoms with E-state index in [0.29, 0.717) is 25.4 Å². The molecule has 2 bridgehead atoms. The van der Waals surface area contributed by atoms with E-state index < -0.39 is 27.3 Å². The minimum atomic E-state index is -3.97. The van der Waals surface area contributed by atoms with E-state index >= 15 is 0 Å². The standard InChI is InChI=1S/C35H43ClN2O5S/c1-4-22(2)24-8-13-32(39)29-11-7-27(29)19-38-20-35(15-5-6-25-17-28(36)10-12-30(25)35)21-43-33-14-9-26(18-31(33)38)34(40)37-44(41,42)23(3)16-24/h8-10,12-14,17-18,23,27,29,32,39H,4-7,11,15-16,19-21H2,1-3H3,(H,37,40)/b13-8+,24-22-/t23-,27-,29+,32+,35-/m0/s1. The third-order valence-electron chi connectivity index (χ3n) is 10.5. The van der Waals surface area contributed by atoms with Gasteiger partial charge >= 0.3 is 0 Å². The lowest BCUT2D eigenvalue weighted by molar-refractivity contribution is 0.0457. The SMILES string of the molecule is CC/C(C)=C1/C=C/[C@@H](O)[C@@H]2CC[C@H]2CN2C[C@@]3(CCCc4cc(Cl)ccc43)COc3ccc(cc32)C(=O)NS(=O)(=O)[C@@H](C)C1. The lowest BCUT2D eigenvalue weighted by Gasteiger charge is -2.45. The maximum atomic E-state index is 13.5. The molecule has 2 heterocycles. The van der Waals surface area contributed by atoms with Gasteiger partial charge in [0.15, 0.2) is 0 Å². The number of aryl methyl sites for hydroxylation is 1. The number of hydrogen-bond donors (Lipinski definition) is 2. The molecule has 1 amide bonds. The molecule has 0 saturated heterocycles. The molecular weight excluding hydrogens is 596 g/mol. The van der Waals surface area contributed by atoms with Crippen molar-refractivity contribution in [2.75, 3.05) is 24.6 Å². The molecule has 44 heavy (non-hydrogen) atoms. The minimum Gasteiger partial charge on any atom is -0.490 e. The summed E-state index contributed by atoms with van der Waals surface area (Å²) in [6, 6.07) is 11.4. The summed E-state index contributed by atoms with van der Waals surface area (Å²) in [6.45, 7) is 7.53. The van der Waals surface area contributed by atoms with Crippen LogP contribution in [0.15, 0.2) is 59.7 Å². The fourth-order valence-electron chi connectivity index (χ4n) is 7.49. The summed E-state index contributed by atoms with van der Waals surface area (Å²) in [5, 5.41) is 11.3. The number of hydrogen-bond acceptors (Lipinski definition) is 6. The second-order valence-electron chi connectivity index (χ2n) is 13.3. The number of aliphatic hydroxyl groups excluding tert-OH is 1. The number of rotatable bonds is 1. The Labute approximate surface area is 266 Å². The van der Waals surface area contributed by atoms with Crippen LogP contribution in [0.3, 0.4) is 0 Å². The third kappa shape index (κ3) is 5.93. The molecule has 236 valence electrons. The van der Waals surface area contributed by atoms with Crippen molar-refractivity contribution in [3.63, 3.8) is 0 Å². The Balaban J connectivity index is 1.43. The van der Waals surface area contributed by atoms with Crippen LogP contribution in [0.1, 0.15) is 80.8 Å². The van der Waals surface area contributed by atoms with Crippen LogP contribution in [0.2, 0.25) is 5.02 Å². The van der Waals surface area contributed by atoms with Gasteiger partial charge in [-0.25, -0.2) is 13.1 Å². The number of nitrogens with zero attached hydrogens (tertiary/aromatic N) is 1. The van der Waals surface area contributed by atoms with Crippen LogP contribution in [-0.4, -0.2) is 50.5 Å². The van der Waals surface area contributed by atoms with Crippen LogP contribution < -0.4 is 14.4 Å². The molecule has 0 unspecified atom stereocenters. The maximum Gasteiger partial charge on any atom is 0.264 e. The molecule has 2 N–H and O–H groups in total. The summed E-state index contributed by atoms with van der Waals surface area (Å²) in [6.07, 6.45) is 9.02. The molecule has 2 aliphatic carbocycles. The Kier molecular flexibility index (Phi) is 8.63. The van der Waals surface area contributed by atoms with Crippen LogP contribution in [0.4, 0.5) is 5.69 Å². The van der Waals surface area contributed by atoms with Gasteiger partial charge < -0.3 is 14.7 Å². The molecule has 2 aromatic carbocycles. The number of nitrogens with one attached hydrogen (secondary N) is 1. The number of carbonyl (C=O) groups excluding carboxylic acids is 1. The number of carbonyl (C=O) groups is 1. The minimum absolute atomic E-state index is 0.0935. The zero-order valence-corrected chi connectivity index (χ0v) is 27.4. The van der Waals surface area contributed by atoms with Gasteiger partial charge in [0, 0.05) is 29.1 Å². The number of ether oxygens (including phenoxy) is 1. The van der Waals surface area contributed by atoms with Crippen molar-refractivity contribution in [3.8, 4) is 5.75 Å². The number of fused-ring (bicyclic) bond motifs is 4. The van der Waals surface area contributed by atoms with Crippen molar-refractivity contribution < 1.29 is 23.1 Å². The van der Waals surface area contributed by atoms with Gasteiger partial charge in [-0.2, -0.15) is 0 Å². The van der Waals surface area contributed by atoms with Gasteiger partial charge in [0.25, 0.3) is 5.91 Å². The lowest BCUT2D eigenvalue weighted by Crippen LogP contribution is -2.49. The highest BCUT2D eigenvalue weighted by molar-refractivity contribution is 7.90. The van der Waals surface area contributed by atoms with Gasteiger partial charge in [0.05, 0.1) is 23.6 Å². The summed E-state index contributed by atoms with van der Waals surface area (Å²) in [4.78, 5) is 15.8. The van der Waals surface area contributed by atoms with Gasteiger partial charge in [-0.1, -0.05) is 42.3 Å². The number of amides is 1. The van der Waals surface area contributed by atoms with E-state index in [9.17, 15) is 18.3 Å². The van der Waals surface area contributed by atoms with Crippen LogP contribution in [-0.2, 0) is 21.9 Å². The third-order valence-corrected chi connectivity index (χ3v) is 12.4. The molecule has 1 fully saturated rings. The van der Waals surface area contributed by atoms with Gasteiger partial charge in [-0.3, -0.25) is 4.79 Å². The summed E-state index contributed by atoms with van der Waals surface area (Å²) in [7, 11) is -3.97. The number of halogens is 1. The van der Waals surface area contributed by atoms with Gasteiger partial charge in [0.2, 0.25) is 10.0 Å². The molecule has 0 aromatic heterocycles. The molecule has 7 nitrogen and oxygen atoms in total. The smallest absolute Gasteiger partial charge is 0.264 e. The van der Waals surface area contributed by atoms with E-state index in [0.717, 1.165) is 60.4 Å². The monoisotopic (exact) mass is 638 g/mol. The number of benzene rings is 2. The second kappa shape index (κ2) is 12.2. The molecule has 9 heteroatoms. The van der Waals surface area contributed by atoms with Gasteiger partial charge in [-0.15, -0.1) is 0 Å². The first-order valence-corrected chi connectivity index (χ1v) is 17.8. The van der Waals surface area contributed by atoms with Crippen LogP contribution >= 0.6 is 11.6 Å². The van der Waals surface area contributed by atoms with Crippen molar-refractivity contribution in [2.45, 2.75) is 82.5 Å². The quantitative estimate of drug-likeness (QED) is 0.379. The highest BCUT2D eigenvalue weighted by atomic mass is 35.5. The Bertz CT molecular complexity index is 1620. The Morgan fingerprint density at radius 1 is 1.20 bits per heavy atom. The number of sulfonamides is 1. The zero-order valence-electron chi connectivity index (χ0n) is 25.8. The first-order chi connectivity index (χ1) is 21.0. The van der Waals surface area contributed by atoms with Crippen LogP contribution in [0, 0.1) is 11.8 Å². The van der Waals surface area contributed by atoms with E-state index in [4.69, 9.17) is 16.3 Å². The number of anilines is 1. The first-order valence-electron chi connectivity index (χ1n) is 15.9. The fraction of sp³-hybridized carbons (Fsp3) is 0.514. The molecule has 1 saturated carbocycles. The van der Waals surface area contributed by atoms with E-state index in [1.165, 1.54) is 11.1 Å². The average Bonchev–Trinajstić information content (AvgIpc) is 3.13. The summed E-state index contributed by atoms with van der Waals surface area (Å²) in [5.74, 6) is 0.387. The van der Waals surface area contributed by atoms with E-state index in [1.54, 1.807) is 25.1 Å². The molecule has 1 spiro atoms. The van der Waals surface area contributed by atoms with Crippen molar-refractivity contribution >= 4 is 33.2 Å². The van der Waals surface area contributed by atoms with Gasteiger partial charge in [-0.05, 0) is 118 Å². The summed E-state index contributed by atoms with van der Waals surface area (Å²) >= 11 is 6.40. The highest BCUT2D eigenvalue weighted by Gasteiger charge is 2.44. The van der Waals surface area contributed by atoms with Crippen molar-refractivity contribution in [2.24, 2.45) is 11.8 Å².